The van der Waals surface area contributed by atoms with Crippen molar-refractivity contribution in [2.24, 2.45) is 0 Å². The van der Waals surface area contributed by atoms with Gasteiger partial charge >= 0.3 is 0 Å². The van der Waals surface area contributed by atoms with E-state index in [2.05, 4.69) is 28.6 Å². The quantitative estimate of drug-likeness (QED) is 0.593. The van der Waals surface area contributed by atoms with E-state index in [-0.39, 0.29) is 11.8 Å². The van der Waals surface area contributed by atoms with Gasteiger partial charge in [0.05, 0.1) is 6.54 Å². The fourth-order valence-electron chi connectivity index (χ4n) is 3.22. The number of aryl methyl sites for hydroxylation is 1. The first-order valence-electron chi connectivity index (χ1n) is 9.13. The van der Waals surface area contributed by atoms with Crippen LogP contribution in [0.15, 0.2) is 67.0 Å². The van der Waals surface area contributed by atoms with E-state index in [1.54, 1.807) is 11.1 Å². The molecule has 0 aliphatic heterocycles. The number of hydrogen-bond donors (Lipinski definition) is 0. The van der Waals surface area contributed by atoms with E-state index in [9.17, 15) is 4.79 Å². The van der Waals surface area contributed by atoms with Gasteiger partial charge in [-0.25, -0.2) is 4.98 Å². The molecule has 0 bridgehead atoms. The molecule has 5 heteroatoms. The van der Waals surface area contributed by atoms with Gasteiger partial charge < -0.3 is 9.47 Å². The van der Waals surface area contributed by atoms with E-state index in [0.29, 0.717) is 18.0 Å². The average molecular weight is 382 g/mol. The van der Waals surface area contributed by atoms with Gasteiger partial charge in [0.1, 0.15) is 5.82 Å². The Morgan fingerprint density at radius 3 is 2.44 bits per heavy atom. The highest BCUT2D eigenvalue weighted by Crippen LogP contribution is 2.29. The first kappa shape index (κ1) is 19.2. The third kappa shape index (κ3) is 4.77. The van der Waals surface area contributed by atoms with Crippen LogP contribution < -0.4 is 0 Å². The molecule has 0 aliphatic carbocycles. The number of carbonyl (C=O) groups excluding carboxylic acids is 1. The molecule has 0 radical (unpaired) electrons. The molecule has 0 unspecified atom stereocenters. The summed E-state index contributed by atoms with van der Waals surface area (Å²) in [5.74, 6) is 0.977. The van der Waals surface area contributed by atoms with Gasteiger partial charge in [0, 0.05) is 43.3 Å². The van der Waals surface area contributed by atoms with Crippen molar-refractivity contribution in [2.75, 3.05) is 7.05 Å². The highest BCUT2D eigenvalue weighted by Gasteiger charge is 2.21. The zero-order valence-corrected chi connectivity index (χ0v) is 16.4. The van der Waals surface area contributed by atoms with Gasteiger partial charge in [-0.1, -0.05) is 54.1 Å². The van der Waals surface area contributed by atoms with E-state index in [0.717, 1.165) is 23.5 Å². The lowest BCUT2D eigenvalue weighted by atomic mass is 9.88. The zero-order chi connectivity index (χ0) is 19.2. The van der Waals surface area contributed by atoms with Crippen molar-refractivity contribution in [3.05, 3.63) is 89.0 Å². The van der Waals surface area contributed by atoms with E-state index in [4.69, 9.17) is 11.6 Å². The third-order valence-electron chi connectivity index (χ3n) is 4.80. The molecule has 0 saturated heterocycles. The molecule has 0 fully saturated rings. The summed E-state index contributed by atoms with van der Waals surface area (Å²) in [6.45, 7) is 3.41. The second kappa shape index (κ2) is 8.87. The highest BCUT2D eigenvalue weighted by atomic mass is 35.5. The molecule has 1 atom stereocenters. The van der Waals surface area contributed by atoms with Crippen LogP contribution >= 0.6 is 11.6 Å². The number of imidazole rings is 1. The third-order valence-corrected chi connectivity index (χ3v) is 5.05. The fourth-order valence-corrected chi connectivity index (χ4v) is 3.34. The van der Waals surface area contributed by atoms with Crippen molar-refractivity contribution in [3.8, 4) is 0 Å². The summed E-state index contributed by atoms with van der Waals surface area (Å²) in [5, 5.41) is 0.695. The summed E-state index contributed by atoms with van der Waals surface area (Å²) in [6, 6.07) is 17.9. The van der Waals surface area contributed by atoms with Gasteiger partial charge in [0.15, 0.2) is 0 Å². The number of aromatic nitrogens is 2. The van der Waals surface area contributed by atoms with Gasteiger partial charge in [-0.3, -0.25) is 4.79 Å². The maximum absolute atomic E-state index is 13.0. The van der Waals surface area contributed by atoms with Crippen molar-refractivity contribution in [1.82, 2.24) is 14.5 Å². The molecule has 4 nitrogen and oxygen atoms in total. The van der Waals surface area contributed by atoms with E-state index in [1.807, 2.05) is 55.7 Å². The molecule has 27 heavy (non-hydrogen) atoms. The van der Waals surface area contributed by atoms with Crippen LogP contribution in [0.1, 0.15) is 36.2 Å². The van der Waals surface area contributed by atoms with Crippen molar-refractivity contribution in [1.29, 1.82) is 0 Å². The summed E-state index contributed by atoms with van der Waals surface area (Å²) < 4.78 is 2.05. The summed E-state index contributed by atoms with van der Waals surface area (Å²) in [7, 11) is 1.83. The zero-order valence-electron chi connectivity index (χ0n) is 15.7. The lowest BCUT2D eigenvalue weighted by Gasteiger charge is -2.22. The predicted molar refractivity (Wildman–Crippen MR) is 109 cm³/mol. The number of amides is 1. The van der Waals surface area contributed by atoms with Crippen molar-refractivity contribution in [3.63, 3.8) is 0 Å². The Kier molecular flexibility index (Phi) is 6.30. The Morgan fingerprint density at radius 1 is 1.11 bits per heavy atom. The van der Waals surface area contributed by atoms with Crippen LogP contribution in [0, 0.1) is 0 Å². The molecule has 2 aromatic carbocycles. The van der Waals surface area contributed by atoms with Crippen LogP contribution in [0.3, 0.4) is 0 Å². The molecular weight excluding hydrogens is 358 g/mol. The Labute approximate surface area is 165 Å². The van der Waals surface area contributed by atoms with Gasteiger partial charge in [-0.05, 0) is 30.2 Å². The highest BCUT2D eigenvalue weighted by molar-refractivity contribution is 6.30. The Balaban J connectivity index is 1.79. The SMILES string of the molecule is CCn1ccnc1CN(C)C(=O)C[C@@H](c1ccccc1)c1ccc(Cl)cc1. The van der Waals surface area contributed by atoms with E-state index < -0.39 is 0 Å². The summed E-state index contributed by atoms with van der Waals surface area (Å²) in [4.78, 5) is 19.1. The Bertz CT molecular complexity index is 874. The van der Waals surface area contributed by atoms with Crippen molar-refractivity contribution >= 4 is 17.5 Å². The number of rotatable bonds is 7. The molecule has 0 aliphatic rings. The standard InChI is InChI=1S/C22H24ClN3O/c1-3-26-14-13-24-21(26)16-25(2)22(27)15-20(17-7-5-4-6-8-17)18-9-11-19(23)12-10-18/h4-14,20H,3,15-16H2,1-2H3/t20-/m0/s1. The Hall–Kier alpha value is -2.59. The van der Waals surface area contributed by atoms with Crippen LogP contribution in [-0.2, 0) is 17.9 Å². The maximum Gasteiger partial charge on any atom is 0.223 e. The average Bonchev–Trinajstić information content (AvgIpc) is 3.14. The maximum atomic E-state index is 13.0. The minimum atomic E-state index is -0.00987. The smallest absolute Gasteiger partial charge is 0.223 e. The minimum absolute atomic E-state index is 0.00987. The van der Waals surface area contributed by atoms with Crippen molar-refractivity contribution in [2.45, 2.75) is 32.4 Å². The van der Waals surface area contributed by atoms with E-state index in [1.165, 1.54) is 0 Å². The number of carbonyl (C=O) groups is 1. The molecular formula is C22H24ClN3O. The monoisotopic (exact) mass is 381 g/mol. The molecule has 0 saturated carbocycles. The van der Waals surface area contributed by atoms with Crippen LogP contribution in [-0.4, -0.2) is 27.4 Å². The van der Waals surface area contributed by atoms with Gasteiger partial charge in [0.25, 0.3) is 0 Å². The molecule has 3 rings (SSSR count). The molecule has 1 heterocycles. The van der Waals surface area contributed by atoms with Crippen molar-refractivity contribution < 1.29 is 4.79 Å². The second-order valence-corrected chi connectivity index (χ2v) is 7.03. The summed E-state index contributed by atoms with van der Waals surface area (Å²) in [5.41, 5.74) is 2.21. The lowest BCUT2D eigenvalue weighted by molar-refractivity contribution is -0.130. The summed E-state index contributed by atoms with van der Waals surface area (Å²) in [6.07, 6.45) is 4.11. The lowest BCUT2D eigenvalue weighted by Crippen LogP contribution is -2.29. The van der Waals surface area contributed by atoms with Gasteiger partial charge in [0.2, 0.25) is 5.91 Å². The largest absolute Gasteiger partial charge is 0.338 e. The number of hydrogen-bond acceptors (Lipinski definition) is 2. The van der Waals surface area contributed by atoms with Gasteiger partial charge in [-0.2, -0.15) is 0 Å². The molecule has 3 aromatic rings. The van der Waals surface area contributed by atoms with E-state index >= 15 is 0 Å². The molecule has 1 aromatic heterocycles. The molecule has 1 amide bonds. The van der Waals surface area contributed by atoms with Crippen LogP contribution in [0.2, 0.25) is 5.02 Å². The molecule has 0 N–H and O–H groups in total. The number of halogens is 1. The normalized spacial score (nSPS) is 12.0. The first-order chi connectivity index (χ1) is 13.1. The van der Waals surface area contributed by atoms with Crippen LogP contribution in [0.5, 0.6) is 0 Å². The molecule has 0 spiro atoms. The number of nitrogens with zero attached hydrogens (tertiary/aromatic N) is 3. The second-order valence-electron chi connectivity index (χ2n) is 6.60. The summed E-state index contributed by atoms with van der Waals surface area (Å²) >= 11 is 6.04. The molecule has 140 valence electrons. The minimum Gasteiger partial charge on any atom is -0.338 e. The van der Waals surface area contributed by atoms with Crippen LogP contribution in [0.4, 0.5) is 0 Å². The van der Waals surface area contributed by atoms with Gasteiger partial charge in [-0.15, -0.1) is 0 Å². The first-order valence-corrected chi connectivity index (χ1v) is 9.50. The fraction of sp³-hybridized carbons (Fsp3) is 0.273. The Morgan fingerprint density at radius 2 is 1.78 bits per heavy atom. The van der Waals surface area contributed by atoms with Crippen LogP contribution in [0.25, 0.3) is 0 Å². The number of benzene rings is 2. The predicted octanol–water partition coefficient (Wildman–Crippen LogP) is 4.74. The topological polar surface area (TPSA) is 38.1 Å².